The van der Waals surface area contributed by atoms with E-state index in [0.29, 0.717) is 83.3 Å². The van der Waals surface area contributed by atoms with Gasteiger partial charge in [0.1, 0.15) is 15.9 Å². The van der Waals surface area contributed by atoms with Crippen molar-refractivity contribution >= 4 is 84.1 Å². The van der Waals surface area contributed by atoms with Crippen LogP contribution in [0.2, 0.25) is 0 Å². The Morgan fingerprint density at radius 1 is 0.393 bits per heavy atom. The van der Waals surface area contributed by atoms with Gasteiger partial charge in [-0.2, -0.15) is 4.99 Å². The monoisotopic (exact) mass is 1220 g/mol. The van der Waals surface area contributed by atoms with E-state index in [-0.39, 0.29) is 90.1 Å². The van der Waals surface area contributed by atoms with Gasteiger partial charge in [0, 0.05) is 104 Å². The minimum absolute atomic E-state index is 0.00235. The van der Waals surface area contributed by atoms with Gasteiger partial charge in [-0.15, -0.1) is 0 Å². The van der Waals surface area contributed by atoms with Crippen LogP contribution in [0, 0.1) is 0 Å². The Morgan fingerprint density at radius 3 is 0.964 bits per heavy atom. The van der Waals surface area contributed by atoms with Crippen molar-refractivity contribution in [3.8, 4) is 34.5 Å². The van der Waals surface area contributed by atoms with Gasteiger partial charge in [-0.05, 0) is 156 Å². The number of rotatable bonds is 23. The Balaban J connectivity index is 1.52. The number of aliphatic imine (C=N–C) groups is 1. The summed E-state index contributed by atoms with van der Waals surface area (Å²) >= 11 is 4.95. The number of benzene rings is 4. The molecule has 8 aromatic rings. The zero-order valence-corrected chi connectivity index (χ0v) is 51.1. The molecule has 20 nitrogen and oxygen atoms in total. The second-order valence-corrected chi connectivity index (χ2v) is 24.3. The molecule has 0 amide bonds. The molecule has 24 heteroatoms. The topological polar surface area (TPSA) is 270 Å². The Bertz CT molecular complexity index is 4260. The molecule has 0 spiro atoms. The van der Waals surface area contributed by atoms with E-state index in [0.717, 1.165) is 32.5 Å². The lowest BCUT2D eigenvalue weighted by Crippen LogP contribution is -2.21. The summed E-state index contributed by atoms with van der Waals surface area (Å²) < 4.78 is 94.7. The molecular weight excluding hydrogens is 1160 g/mol. The van der Waals surface area contributed by atoms with Crippen molar-refractivity contribution in [2.45, 2.75) is 41.5 Å². The SMILES string of the molecule is CCOc1c(C2=c3ccc([nH]3)=C(c3ccc(N=C=S)cc3)c3ccc([nH]3)C(c3ccc(P(=O)(O)OC)c(OCC)c3OCC)=c3ccc([nH]3)=C(c3ccc(P(=O)(O)OC)c(OCC)c3OCC)c3ccc2[nH]3)ccc(P(=O)(O)OC)c1OCC. The van der Waals surface area contributed by atoms with E-state index in [1.54, 1.807) is 59.7 Å². The van der Waals surface area contributed by atoms with E-state index in [9.17, 15) is 28.4 Å². The van der Waals surface area contributed by atoms with E-state index in [1.807, 2.05) is 72.8 Å². The molecule has 0 saturated heterocycles. The molecule has 5 heterocycles. The third-order valence-electron chi connectivity index (χ3n) is 13.7. The molecule has 1 aliphatic heterocycles. The molecule has 3 atom stereocenters. The second kappa shape index (κ2) is 25.8. The lowest BCUT2D eigenvalue weighted by Gasteiger charge is -2.22. The third kappa shape index (κ3) is 11.7. The second-order valence-electron chi connectivity index (χ2n) is 18.5. The van der Waals surface area contributed by atoms with Crippen LogP contribution in [0.4, 0.5) is 5.69 Å². The predicted molar refractivity (Wildman–Crippen MR) is 325 cm³/mol. The molecular formula is C60H64N5O15P3S. The first-order chi connectivity index (χ1) is 40.5. The largest absolute Gasteiger partial charge is 0.489 e. The number of hydrogen-bond acceptors (Lipinski definition) is 14. The summed E-state index contributed by atoms with van der Waals surface area (Å²) in [6, 6.07) is 32.2. The van der Waals surface area contributed by atoms with Gasteiger partial charge in [0.25, 0.3) is 0 Å². The summed E-state index contributed by atoms with van der Waals surface area (Å²) in [5, 5.41) is 4.39. The number of nitrogens with one attached hydrogen (secondary N) is 4. The number of hydrogen-bond donors (Lipinski definition) is 7. The maximum absolute atomic E-state index is 13.8. The first-order valence-corrected chi connectivity index (χ1v) is 32.0. The molecule has 0 aliphatic carbocycles. The van der Waals surface area contributed by atoms with Gasteiger partial charge in [-0.1, -0.05) is 12.1 Å². The van der Waals surface area contributed by atoms with E-state index >= 15 is 0 Å². The Kier molecular flexibility index (Phi) is 18.8. The minimum atomic E-state index is -4.46. The number of isothiocyanates is 1. The summed E-state index contributed by atoms with van der Waals surface area (Å²) in [4.78, 5) is 52.8. The Labute approximate surface area is 489 Å². The van der Waals surface area contributed by atoms with Crippen molar-refractivity contribution < 1.29 is 70.4 Å². The van der Waals surface area contributed by atoms with E-state index < -0.39 is 22.8 Å². The van der Waals surface area contributed by atoms with Crippen molar-refractivity contribution in [3.05, 3.63) is 176 Å². The molecule has 1 aliphatic rings. The van der Waals surface area contributed by atoms with Crippen molar-refractivity contribution in [1.82, 2.24) is 19.9 Å². The Hall–Kier alpha value is -7.47. The van der Waals surface area contributed by atoms with Crippen LogP contribution in [0.3, 0.4) is 0 Å². The molecule has 440 valence electrons. The van der Waals surface area contributed by atoms with Crippen LogP contribution in [0.1, 0.15) is 86.6 Å². The summed E-state index contributed by atoms with van der Waals surface area (Å²) in [5.41, 5.74) is 7.32. The fourth-order valence-corrected chi connectivity index (χ4v) is 12.9. The first-order valence-electron chi connectivity index (χ1n) is 26.9. The van der Waals surface area contributed by atoms with Gasteiger partial charge in [0.05, 0.1) is 50.5 Å². The average Bonchev–Trinajstić information content (AvgIpc) is 1.80. The van der Waals surface area contributed by atoms with Crippen LogP contribution in [-0.2, 0) is 27.3 Å². The zero-order chi connectivity index (χ0) is 60.1. The van der Waals surface area contributed by atoms with Crippen LogP contribution in [-0.4, -0.2) is 101 Å². The zero-order valence-electron chi connectivity index (χ0n) is 47.6. The highest BCUT2D eigenvalue weighted by molar-refractivity contribution is 7.78. The summed E-state index contributed by atoms with van der Waals surface area (Å²) in [6.07, 6.45) is 0. The smallest absolute Gasteiger partial charge is 0.362 e. The van der Waals surface area contributed by atoms with Crippen molar-refractivity contribution in [1.29, 1.82) is 0 Å². The lowest BCUT2D eigenvalue weighted by molar-refractivity contribution is 0.285. The normalized spacial score (nSPS) is 14.5. The summed E-state index contributed by atoms with van der Waals surface area (Å²) in [6.45, 7) is 11.4. The van der Waals surface area contributed by atoms with Crippen LogP contribution in [0.5, 0.6) is 34.5 Å². The highest BCUT2D eigenvalue weighted by Gasteiger charge is 2.35. The van der Waals surface area contributed by atoms with E-state index in [4.69, 9.17) is 54.2 Å². The molecule has 4 aromatic heterocycles. The molecule has 9 rings (SSSR count). The molecule has 8 bridgehead atoms. The van der Waals surface area contributed by atoms with Crippen LogP contribution < -0.4 is 65.7 Å². The van der Waals surface area contributed by atoms with Gasteiger partial charge < -0.3 is 76.6 Å². The third-order valence-corrected chi connectivity index (χ3v) is 18.2. The molecule has 4 aromatic carbocycles. The molecule has 7 N–H and O–H groups in total. The van der Waals surface area contributed by atoms with Crippen molar-refractivity contribution in [2.75, 3.05) is 61.0 Å². The predicted octanol–water partition coefficient (Wildman–Crippen LogP) is 7.80. The van der Waals surface area contributed by atoms with Crippen LogP contribution >= 0.6 is 35.0 Å². The molecule has 84 heavy (non-hydrogen) atoms. The average molecular weight is 1220 g/mol. The number of ether oxygens (including phenoxy) is 6. The lowest BCUT2D eigenvalue weighted by atomic mass is 10.0. The van der Waals surface area contributed by atoms with Gasteiger partial charge in [-0.3, -0.25) is 13.7 Å². The summed E-state index contributed by atoms with van der Waals surface area (Å²) in [5.74, 6) is 0.531. The maximum Gasteiger partial charge on any atom is 0.362 e. The number of aromatic amines is 4. The van der Waals surface area contributed by atoms with Crippen molar-refractivity contribution in [2.24, 2.45) is 4.99 Å². The van der Waals surface area contributed by atoms with Gasteiger partial charge in [-0.25, -0.2) is 0 Å². The minimum Gasteiger partial charge on any atom is -0.489 e. The number of thiocarbonyl (C=S) groups is 1. The fourth-order valence-electron chi connectivity index (χ4n) is 10.2. The molecule has 0 fully saturated rings. The summed E-state index contributed by atoms with van der Waals surface area (Å²) in [7, 11) is -9.89. The number of H-pyrrole nitrogens is 4. The number of fused-ring (bicyclic) bond motifs is 8. The Morgan fingerprint density at radius 2 is 0.679 bits per heavy atom. The fraction of sp³-hybridized carbons (Fsp3) is 0.250. The van der Waals surface area contributed by atoms with Gasteiger partial charge in [0.15, 0.2) is 34.5 Å². The van der Waals surface area contributed by atoms with Crippen LogP contribution in [0.15, 0.2) is 114 Å². The van der Waals surface area contributed by atoms with Gasteiger partial charge >= 0.3 is 22.8 Å². The first kappa shape index (κ1) is 61.1. The van der Waals surface area contributed by atoms with Crippen LogP contribution in [0.25, 0.3) is 22.3 Å². The van der Waals surface area contributed by atoms with Crippen molar-refractivity contribution in [3.63, 3.8) is 0 Å². The van der Waals surface area contributed by atoms with E-state index in [1.165, 1.54) is 18.2 Å². The quantitative estimate of drug-likeness (QED) is 0.0183. The molecule has 3 unspecified atom stereocenters. The molecule has 0 radical (unpaired) electrons. The number of aromatic nitrogens is 4. The standard InChI is InChI=1S/C60H64N5O15P3S/c1-10-75-55-37(20-31-48(58(55)78-13-4)81(66,67)72-7)52-42-25-23-40(62-42)51(35-16-18-36(19-17-35)61-34-84)41-24-26-43(63-41)53(38-21-32-49(82(68,69)73-8)59(79-14-5)56(38)76-11-2)45-28-30-47(65-45)54(46-29-27-44(52)64-46)39-22-33-50(83(70,71)74-9)60(80-15-6)57(39)77-12-3/h16-33,62-65H,10-15H2,1-9H3,(H,66,67)(H,68,69)(H,70,71). The van der Waals surface area contributed by atoms with E-state index in [2.05, 4.69) is 30.1 Å². The highest BCUT2D eigenvalue weighted by atomic mass is 32.1. The van der Waals surface area contributed by atoms with Gasteiger partial charge in [0.2, 0.25) is 0 Å². The molecule has 0 saturated carbocycles. The highest BCUT2D eigenvalue weighted by Crippen LogP contribution is 2.51. The number of nitrogens with zero attached hydrogens (tertiary/aromatic N) is 1. The maximum atomic E-state index is 13.8.